The maximum atomic E-state index is 12.0. The molecule has 0 aromatic heterocycles. The summed E-state index contributed by atoms with van der Waals surface area (Å²) in [7, 11) is 0. The van der Waals surface area contributed by atoms with Gasteiger partial charge in [0, 0.05) is 6.42 Å². The third-order valence-corrected chi connectivity index (χ3v) is 4.16. The normalized spacial score (nSPS) is 29.4. The standard InChI is InChI=1S/C15H14N2O5/c18-9-6-8(13(20)16-9)10-11(15(22)17-14(10)21)12(19)7-4-2-1-3-5-7/h1-5,8,10-12,19H,6H2,(H,16,18,20)(H,17,21,22). The topological polar surface area (TPSA) is 113 Å². The molecule has 2 aliphatic heterocycles. The van der Waals surface area contributed by atoms with Crippen LogP contribution in [0.4, 0.5) is 0 Å². The number of imide groups is 2. The Kier molecular flexibility index (Phi) is 3.50. The van der Waals surface area contributed by atoms with Crippen LogP contribution in [0.5, 0.6) is 0 Å². The SMILES string of the molecule is O=C1CC(C2C(=O)NC(=O)C2C(O)c2ccccc2)C(=O)N1. The first kappa shape index (κ1) is 14.4. The minimum atomic E-state index is -1.22. The highest BCUT2D eigenvalue weighted by atomic mass is 16.3. The van der Waals surface area contributed by atoms with E-state index < -0.39 is 47.5 Å². The number of aliphatic hydroxyl groups is 1. The minimum absolute atomic E-state index is 0.151. The van der Waals surface area contributed by atoms with Crippen molar-refractivity contribution in [3.63, 3.8) is 0 Å². The van der Waals surface area contributed by atoms with E-state index in [9.17, 15) is 24.3 Å². The van der Waals surface area contributed by atoms with Crippen LogP contribution in [0, 0.1) is 17.8 Å². The van der Waals surface area contributed by atoms with Gasteiger partial charge in [-0.15, -0.1) is 0 Å². The van der Waals surface area contributed by atoms with Crippen molar-refractivity contribution in [3.05, 3.63) is 35.9 Å². The van der Waals surface area contributed by atoms with Crippen LogP contribution in [0.1, 0.15) is 18.1 Å². The second-order valence-electron chi connectivity index (χ2n) is 5.48. The quantitative estimate of drug-likeness (QED) is 0.637. The van der Waals surface area contributed by atoms with E-state index in [1.165, 1.54) is 0 Å². The fourth-order valence-corrected chi connectivity index (χ4v) is 3.11. The number of rotatable bonds is 3. The molecule has 1 aromatic carbocycles. The van der Waals surface area contributed by atoms with E-state index >= 15 is 0 Å². The van der Waals surface area contributed by atoms with Crippen LogP contribution in [-0.4, -0.2) is 28.7 Å². The molecule has 2 aliphatic rings. The minimum Gasteiger partial charge on any atom is -0.388 e. The molecule has 4 unspecified atom stereocenters. The van der Waals surface area contributed by atoms with Crippen molar-refractivity contribution in [2.45, 2.75) is 12.5 Å². The van der Waals surface area contributed by atoms with Crippen molar-refractivity contribution < 1.29 is 24.3 Å². The molecule has 7 nitrogen and oxygen atoms in total. The van der Waals surface area contributed by atoms with Gasteiger partial charge in [-0.25, -0.2) is 0 Å². The summed E-state index contributed by atoms with van der Waals surface area (Å²) in [6, 6.07) is 8.44. The molecule has 0 aliphatic carbocycles. The Bertz CT molecular complexity index is 657. The lowest BCUT2D eigenvalue weighted by Crippen LogP contribution is -2.35. The lowest BCUT2D eigenvalue weighted by molar-refractivity contribution is -0.133. The molecule has 0 spiro atoms. The summed E-state index contributed by atoms with van der Waals surface area (Å²) in [6.07, 6.45) is -1.37. The molecule has 3 N–H and O–H groups in total. The predicted octanol–water partition coefficient (Wildman–Crippen LogP) is -0.729. The Labute approximate surface area is 125 Å². The summed E-state index contributed by atoms with van der Waals surface area (Å²) in [5.41, 5.74) is 0.479. The lowest BCUT2D eigenvalue weighted by Gasteiger charge is -2.23. The smallest absolute Gasteiger partial charge is 0.233 e. The van der Waals surface area contributed by atoms with Crippen LogP contribution in [0.3, 0.4) is 0 Å². The van der Waals surface area contributed by atoms with E-state index in [1.807, 2.05) is 0 Å². The van der Waals surface area contributed by atoms with Crippen LogP contribution in [-0.2, 0) is 19.2 Å². The molecule has 2 heterocycles. The summed E-state index contributed by atoms with van der Waals surface area (Å²) in [6.45, 7) is 0. The van der Waals surface area contributed by atoms with E-state index in [1.54, 1.807) is 30.3 Å². The Hall–Kier alpha value is -2.54. The maximum absolute atomic E-state index is 12.0. The van der Waals surface area contributed by atoms with E-state index in [0.717, 1.165) is 0 Å². The summed E-state index contributed by atoms with van der Waals surface area (Å²) < 4.78 is 0. The first-order valence-electron chi connectivity index (χ1n) is 6.90. The number of benzene rings is 1. The summed E-state index contributed by atoms with van der Waals surface area (Å²) >= 11 is 0. The number of carbonyl (C=O) groups is 4. The molecule has 7 heteroatoms. The molecule has 2 saturated heterocycles. The molecule has 4 amide bonds. The molecular weight excluding hydrogens is 288 g/mol. The zero-order chi connectivity index (χ0) is 15.9. The number of carbonyl (C=O) groups excluding carboxylic acids is 4. The van der Waals surface area contributed by atoms with E-state index in [-0.39, 0.29) is 6.42 Å². The van der Waals surface area contributed by atoms with Crippen molar-refractivity contribution in [1.82, 2.24) is 10.6 Å². The third kappa shape index (κ3) is 2.29. The number of hydrogen-bond acceptors (Lipinski definition) is 5. The Morgan fingerprint density at radius 3 is 2.23 bits per heavy atom. The highest BCUT2D eigenvalue weighted by Gasteiger charge is 2.53. The van der Waals surface area contributed by atoms with Gasteiger partial charge in [-0.05, 0) is 5.56 Å². The number of nitrogens with one attached hydrogen (secondary N) is 2. The van der Waals surface area contributed by atoms with Gasteiger partial charge in [0.15, 0.2) is 0 Å². The molecule has 4 atom stereocenters. The zero-order valence-corrected chi connectivity index (χ0v) is 11.5. The second kappa shape index (κ2) is 5.34. The average Bonchev–Trinajstić information content (AvgIpc) is 2.97. The molecule has 3 rings (SSSR count). The van der Waals surface area contributed by atoms with Gasteiger partial charge >= 0.3 is 0 Å². The molecule has 22 heavy (non-hydrogen) atoms. The number of hydrogen-bond donors (Lipinski definition) is 3. The Balaban J connectivity index is 1.93. The maximum Gasteiger partial charge on any atom is 0.233 e. The zero-order valence-electron chi connectivity index (χ0n) is 11.5. The summed E-state index contributed by atoms with van der Waals surface area (Å²) in [5.74, 6) is -5.37. The van der Waals surface area contributed by atoms with Crippen molar-refractivity contribution in [2.75, 3.05) is 0 Å². The van der Waals surface area contributed by atoms with E-state index in [0.29, 0.717) is 5.56 Å². The van der Waals surface area contributed by atoms with Crippen molar-refractivity contribution >= 4 is 23.6 Å². The molecule has 1 aromatic rings. The highest BCUT2D eigenvalue weighted by molar-refractivity contribution is 6.11. The van der Waals surface area contributed by atoms with E-state index in [4.69, 9.17) is 0 Å². The summed E-state index contributed by atoms with van der Waals surface area (Å²) in [5, 5.41) is 14.7. The average molecular weight is 302 g/mol. The number of aliphatic hydroxyl groups excluding tert-OH is 1. The van der Waals surface area contributed by atoms with Gasteiger partial charge in [0.25, 0.3) is 0 Å². The molecule has 0 radical (unpaired) electrons. The van der Waals surface area contributed by atoms with Crippen LogP contribution >= 0.6 is 0 Å². The van der Waals surface area contributed by atoms with Crippen LogP contribution in [0.15, 0.2) is 30.3 Å². The number of amides is 4. The Morgan fingerprint density at radius 1 is 0.955 bits per heavy atom. The lowest BCUT2D eigenvalue weighted by atomic mass is 9.78. The van der Waals surface area contributed by atoms with E-state index in [2.05, 4.69) is 10.6 Å². The van der Waals surface area contributed by atoms with Gasteiger partial charge in [-0.1, -0.05) is 30.3 Å². The Morgan fingerprint density at radius 2 is 1.64 bits per heavy atom. The molecule has 0 saturated carbocycles. The molecule has 0 bridgehead atoms. The predicted molar refractivity (Wildman–Crippen MR) is 72.8 cm³/mol. The molecule has 114 valence electrons. The van der Waals surface area contributed by atoms with Gasteiger partial charge in [-0.2, -0.15) is 0 Å². The van der Waals surface area contributed by atoms with Crippen LogP contribution in [0.25, 0.3) is 0 Å². The monoisotopic (exact) mass is 302 g/mol. The fraction of sp³-hybridized carbons (Fsp3) is 0.333. The van der Waals surface area contributed by atoms with Gasteiger partial charge in [0.2, 0.25) is 23.6 Å². The fourth-order valence-electron chi connectivity index (χ4n) is 3.11. The van der Waals surface area contributed by atoms with Gasteiger partial charge in [0.05, 0.1) is 23.9 Å². The molecular formula is C15H14N2O5. The third-order valence-electron chi connectivity index (χ3n) is 4.16. The van der Waals surface area contributed by atoms with Crippen LogP contribution < -0.4 is 10.6 Å². The first-order chi connectivity index (χ1) is 10.5. The van der Waals surface area contributed by atoms with Crippen molar-refractivity contribution in [3.8, 4) is 0 Å². The van der Waals surface area contributed by atoms with Crippen molar-refractivity contribution in [1.29, 1.82) is 0 Å². The van der Waals surface area contributed by atoms with Gasteiger partial charge in [0.1, 0.15) is 0 Å². The largest absolute Gasteiger partial charge is 0.388 e. The second-order valence-corrected chi connectivity index (χ2v) is 5.48. The van der Waals surface area contributed by atoms with Gasteiger partial charge < -0.3 is 5.11 Å². The molecule has 2 fully saturated rings. The van der Waals surface area contributed by atoms with Crippen LogP contribution in [0.2, 0.25) is 0 Å². The highest BCUT2D eigenvalue weighted by Crippen LogP contribution is 2.38. The first-order valence-corrected chi connectivity index (χ1v) is 6.90. The summed E-state index contributed by atoms with van der Waals surface area (Å²) in [4.78, 5) is 47.2. The van der Waals surface area contributed by atoms with Crippen molar-refractivity contribution in [2.24, 2.45) is 17.8 Å². The van der Waals surface area contributed by atoms with Gasteiger partial charge in [-0.3, -0.25) is 29.8 Å².